The van der Waals surface area contributed by atoms with Crippen LogP contribution >= 0.6 is 0 Å². The Hall–Kier alpha value is -2.31. The number of aryl methyl sites for hydroxylation is 1. The van der Waals surface area contributed by atoms with Crippen molar-refractivity contribution in [3.05, 3.63) is 53.5 Å². The quantitative estimate of drug-likeness (QED) is 0.772. The van der Waals surface area contributed by atoms with Gasteiger partial charge in [0.15, 0.2) is 5.65 Å². The molecule has 6 heteroatoms. The van der Waals surface area contributed by atoms with E-state index >= 15 is 0 Å². The van der Waals surface area contributed by atoms with E-state index in [9.17, 15) is 0 Å². The van der Waals surface area contributed by atoms with Crippen molar-refractivity contribution in [3.63, 3.8) is 0 Å². The van der Waals surface area contributed by atoms with Gasteiger partial charge in [-0.3, -0.25) is 4.90 Å². The lowest BCUT2D eigenvalue weighted by atomic mass is 10.0. The molecule has 130 valence electrons. The number of likely N-dealkylation sites (tertiary alicyclic amines) is 1. The number of hydrogen-bond acceptors (Lipinski definition) is 5. The molecule has 3 aromatic rings. The van der Waals surface area contributed by atoms with Crippen LogP contribution in [0.25, 0.3) is 11.2 Å². The molecular formula is C19H24N6. The van der Waals surface area contributed by atoms with Crippen molar-refractivity contribution in [2.75, 3.05) is 19.6 Å². The van der Waals surface area contributed by atoms with E-state index in [2.05, 4.69) is 46.1 Å². The van der Waals surface area contributed by atoms with Crippen LogP contribution in [0.4, 0.5) is 0 Å². The van der Waals surface area contributed by atoms with Gasteiger partial charge < -0.3 is 5.73 Å². The lowest BCUT2D eigenvalue weighted by molar-refractivity contribution is 0.326. The Bertz CT molecular complexity index is 871. The number of nitrogens with zero attached hydrogens (tertiary/aromatic N) is 5. The average molecular weight is 336 g/mol. The summed E-state index contributed by atoms with van der Waals surface area (Å²) in [5.41, 5.74) is 11.3. The van der Waals surface area contributed by atoms with Gasteiger partial charge in [-0.1, -0.05) is 29.8 Å². The topological polar surface area (TPSA) is 72.9 Å². The molecule has 1 atom stereocenters. The molecule has 0 radical (unpaired) electrons. The van der Waals surface area contributed by atoms with Gasteiger partial charge in [0.2, 0.25) is 0 Å². The molecule has 0 unspecified atom stereocenters. The Labute approximate surface area is 147 Å². The van der Waals surface area contributed by atoms with E-state index in [1.165, 1.54) is 11.1 Å². The van der Waals surface area contributed by atoms with Crippen molar-refractivity contribution in [3.8, 4) is 0 Å². The first-order valence-electron chi connectivity index (χ1n) is 8.90. The molecule has 0 aliphatic carbocycles. The smallest absolute Gasteiger partial charge is 0.177 e. The van der Waals surface area contributed by atoms with Crippen molar-refractivity contribution in [1.29, 1.82) is 0 Å². The second kappa shape index (κ2) is 6.90. The number of nitrogens with two attached hydrogens (primary N) is 1. The van der Waals surface area contributed by atoms with E-state index in [0.29, 0.717) is 19.0 Å². The first-order valence-corrected chi connectivity index (χ1v) is 8.90. The van der Waals surface area contributed by atoms with E-state index in [1.54, 1.807) is 12.4 Å². The molecule has 1 saturated heterocycles. The van der Waals surface area contributed by atoms with Crippen LogP contribution in [-0.2, 0) is 13.1 Å². The largest absolute Gasteiger partial charge is 0.329 e. The zero-order chi connectivity index (χ0) is 17.2. The maximum Gasteiger partial charge on any atom is 0.177 e. The summed E-state index contributed by atoms with van der Waals surface area (Å²) < 4.78 is 1.90. The van der Waals surface area contributed by atoms with Crippen molar-refractivity contribution in [2.45, 2.75) is 32.4 Å². The number of hydrogen-bond donors (Lipinski definition) is 1. The van der Waals surface area contributed by atoms with Crippen molar-refractivity contribution < 1.29 is 0 Å². The monoisotopic (exact) mass is 336 g/mol. The molecule has 2 N–H and O–H groups in total. The Morgan fingerprint density at radius 1 is 1.24 bits per heavy atom. The molecule has 4 rings (SSSR count). The average Bonchev–Trinajstić information content (AvgIpc) is 3.20. The molecule has 0 saturated carbocycles. The minimum atomic E-state index is 0.406. The highest BCUT2D eigenvalue weighted by atomic mass is 15.3. The van der Waals surface area contributed by atoms with E-state index < -0.39 is 0 Å². The molecule has 6 nitrogen and oxygen atoms in total. The lowest BCUT2D eigenvalue weighted by Crippen LogP contribution is -2.20. The van der Waals surface area contributed by atoms with Gasteiger partial charge >= 0.3 is 0 Å². The van der Waals surface area contributed by atoms with Gasteiger partial charge in [-0.25, -0.2) is 14.6 Å². The normalized spacial score (nSPS) is 18.2. The molecule has 25 heavy (non-hydrogen) atoms. The lowest BCUT2D eigenvalue weighted by Gasteiger charge is -2.16. The minimum Gasteiger partial charge on any atom is -0.329 e. The molecule has 1 aliphatic rings. The fraction of sp³-hybridized carbons (Fsp3) is 0.421. The number of rotatable bonds is 5. The van der Waals surface area contributed by atoms with E-state index in [0.717, 1.165) is 42.9 Å². The molecular weight excluding hydrogens is 312 g/mol. The molecule has 0 amide bonds. The fourth-order valence-corrected chi connectivity index (χ4v) is 3.75. The Kier molecular flexibility index (Phi) is 4.46. The Morgan fingerprint density at radius 2 is 2.12 bits per heavy atom. The van der Waals surface area contributed by atoms with Crippen LogP contribution in [0.5, 0.6) is 0 Å². The summed E-state index contributed by atoms with van der Waals surface area (Å²) in [4.78, 5) is 11.5. The third-order valence-electron chi connectivity index (χ3n) is 4.88. The highest BCUT2D eigenvalue weighted by Crippen LogP contribution is 2.31. The predicted molar refractivity (Wildman–Crippen MR) is 98.2 cm³/mol. The molecule has 1 fully saturated rings. The van der Waals surface area contributed by atoms with E-state index in [4.69, 9.17) is 10.8 Å². The first kappa shape index (κ1) is 16.2. The fourth-order valence-electron chi connectivity index (χ4n) is 3.75. The van der Waals surface area contributed by atoms with Crippen LogP contribution in [0.3, 0.4) is 0 Å². The molecule has 0 bridgehead atoms. The summed E-state index contributed by atoms with van der Waals surface area (Å²) in [7, 11) is 0. The van der Waals surface area contributed by atoms with Gasteiger partial charge in [0.05, 0.1) is 12.2 Å². The number of aromatic nitrogens is 4. The second-order valence-electron chi connectivity index (χ2n) is 6.84. The molecule has 1 aliphatic heterocycles. The number of fused-ring (bicyclic) bond motifs is 1. The second-order valence-corrected chi connectivity index (χ2v) is 6.84. The first-order chi connectivity index (χ1) is 12.2. The van der Waals surface area contributed by atoms with Gasteiger partial charge in [-0.05, 0) is 25.5 Å². The van der Waals surface area contributed by atoms with Gasteiger partial charge in [0.25, 0.3) is 0 Å². The van der Waals surface area contributed by atoms with Crippen molar-refractivity contribution in [1.82, 2.24) is 24.6 Å². The van der Waals surface area contributed by atoms with Crippen molar-refractivity contribution >= 4 is 11.2 Å². The van der Waals surface area contributed by atoms with Crippen molar-refractivity contribution in [2.24, 2.45) is 5.73 Å². The highest BCUT2D eigenvalue weighted by molar-refractivity contribution is 5.73. The summed E-state index contributed by atoms with van der Waals surface area (Å²) >= 11 is 0. The van der Waals surface area contributed by atoms with Crippen LogP contribution < -0.4 is 5.73 Å². The molecule has 2 aromatic heterocycles. The highest BCUT2D eigenvalue weighted by Gasteiger charge is 2.28. The number of benzene rings is 1. The van der Waals surface area contributed by atoms with Crippen LogP contribution in [0.2, 0.25) is 0 Å². The van der Waals surface area contributed by atoms with Crippen LogP contribution in [0.1, 0.15) is 29.2 Å². The predicted octanol–water partition coefficient (Wildman–Crippen LogP) is 2.08. The molecule has 3 heterocycles. The van der Waals surface area contributed by atoms with E-state index in [-0.39, 0.29) is 0 Å². The van der Waals surface area contributed by atoms with Gasteiger partial charge in [-0.15, -0.1) is 0 Å². The third-order valence-corrected chi connectivity index (χ3v) is 4.88. The van der Waals surface area contributed by atoms with Crippen LogP contribution in [-0.4, -0.2) is 44.3 Å². The Morgan fingerprint density at radius 3 is 2.96 bits per heavy atom. The maximum absolute atomic E-state index is 5.72. The van der Waals surface area contributed by atoms with Gasteiger partial charge in [0.1, 0.15) is 5.52 Å². The molecule has 1 aromatic carbocycles. The molecule has 0 spiro atoms. The van der Waals surface area contributed by atoms with Gasteiger partial charge in [0, 0.05) is 37.9 Å². The van der Waals surface area contributed by atoms with E-state index in [1.807, 2.05) is 4.68 Å². The van der Waals surface area contributed by atoms with Gasteiger partial charge in [-0.2, -0.15) is 5.10 Å². The summed E-state index contributed by atoms with van der Waals surface area (Å²) in [6.07, 6.45) is 4.58. The summed E-state index contributed by atoms with van der Waals surface area (Å²) in [5.74, 6) is 0.406. The summed E-state index contributed by atoms with van der Waals surface area (Å²) in [5, 5.41) is 4.80. The third kappa shape index (κ3) is 3.27. The van der Waals surface area contributed by atoms with Crippen LogP contribution in [0, 0.1) is 6.92 Å². The van der Waals surface area contributed by atoms with Crippen LogP contribution in [0.15, 0.2) is 36.7 Å². The summed E-state index contributed by atoms with van der Waals surface area (Å²) in [6, 6.07) is 8.75. The summed E-state index contributed by atoms with van der Waals surface area (Å²) in [6.45, 7) is 6.46. The zero-order valence-corrected chi connectivity index (χ0v) is 14.6. The minimum absolute atomic E-state index is 0.406. The standard InChI is InChI=1S/C19H24N6/c1-14-3-2-4-15(11-14)12-24-9-5-16(13-24)17-18-19(22-8-7-21-18)25(23-17)10-6-20/h2-4,7-8,11,16H,5-6,9-10,12-13,20H2,1H3/t16-/m0/s1. The zero-order valence-electron chi connectivity index (χ0n) is 14.6. The Balaban J connectivity index is 1.54. The SMILES string of the molecule is Cc1cccc(CN2CC[C@H](c3nn(CCN)c4nccnc34)C2)c1. The maximum atomic E-state index is 5.72.